The van der Waals surface area contributed by atoms with Crippen LogP contribution in [0.4, 0.5) is 13.2 Å². The van der Waals surface area contributed by atoms with E-state index in [9.17, 15) is 18.0 Å². The van der Waals surface area contributed by atoms with Crippen LogP contribution >= 0.6 is 23.5 Å². The summed E-state index contributed by atoms with van der Waals surface area (Å²) in [7, 11) is 0. The zero-order chi connectivity index (χ0) is 17.6. The van der Waals surface area contributed by atoms with Crippen LogP contribution in [0.1, 0.15) is 57.8 Å². The highest BCUT2D eigenvalue weighted by Crippen LogP contribution is 2.24. The van der Waals surface area contributed by atoms with E-state index in [0.717, 1.165) is 25.5 Å². The van der Waals surface area contributed by atoms with Gasteiger partial charge in [-0.25, -0.2) is 4.79 Å². The molecule has 0 heterocycles. The van der Waals surface area contributed by atoms with Crippen molar-refractivity contribution in [1.29, 1.82) is 0 Å². The van der Waals surface area contributed by atoms with Crippen molar-refractivity contribution >= 4 is 29.5 Å². The molecule has 0 radical (unpaired) electrons. The first kappa shape index (κ1) is 22.7. The molecule has 0 aliphatic heterocycles. The molecule has 0 rings (SSSR count). The molecule has 0 aliphatic carbocycles. The van der Waals surface area contributed by atoms with Crippen LogP contribution in [0.2, 0.25) is 0 Å². The summed E-state index contributed by atoms with van der Waals surface area (Å²) in [5.74, 6) is -2.17. The second-order valence-corrected chi connectivity index (χ2v) is 7.61. The maximum Gasteiger partial charge on any atom is 0.491 e. The highest BCUT2D eigenvalue weighted by atomic mass is 32.2. The van der Waals surface area contributed by atoms with E-state index >= 15 is 0 Å². The predicted octanol–water partition coefficient (Wildman–Crippen LogP) is 6.17. The van der Waals surface area contributed by atoms with Gasteiger partial charge in [0.15, 0.2) is 0 Å². The molecule has 136 valence electrons. The predicted molar refractivity (Wildman–Crippen MR) is 93.7 cm³/mol. The smallest absolute Gasteiger partial charge is 0.428 e. The van der Waals surface area contributed by atoms with E-state index in [-0.39, 0.29) is 0 Å². The van der Waals surface area contributed by atoms with Crippen molar-refractivity contribution in [1.82, 2.24) is 0 Å². The van der Waals surface area contributed by atoms with Crippen LogP contribution in [-0.4, -0.2) is 29.2 Å². The molecular formula is C16H27F3O2S2. The van der Waals surface area contributed by atoms with E-state index in [4.69, 9.17) is 0 Å². The van der Waals surface area contributed by atoms with Crippen molar-refractivity contribution in [3.8, 4) is 0 Å². The largest absolute Gasteiger partial charge is 0.491 e. The molecule has 0 saturated heterocycles. The van der Waals surface area contributed by atoms with Gasteiger partial charge in [-0.1, -0.05) is 38.5 Å². The maximum atomic E-state index is 11.8. The van der Waals surface area contributed by atoms with Gasteiger partial charge in [-0.3, -0.25) is 0 Å². The van der Waals surface area contributed by atoms with Gasteiger partial charge >= 0.3 is 12.1 Å². The first-order chi connectivity index (χ1) is 10.9. The summed E-state index contributed by atoms with van der Waals surface area (Å²) in [6, 6.07) is 0. The lowest BCUT2D eigenvalue weighted by molar-refractivity contribution is -0.193. The number of rotatable bonds is 13. The minimum Gasteiger partial charge on any atom is -0.428 e. The fraction of sp³-hybridized carbons (Fsp3) is 0.812. The van der Waals surface area contributed by atoms with Gasteiger partial charge in [0, 0.05) is 4.58 Å². The molecule has 0 unspecified atom stereocenters. The normalized spacial score (nSPS) is 12.3. The van der Waals surface area contributed by atoms with E-state index in [1.165, 1.54) is 38.2 Å². The molecule has 0 N–H and O–H groups in total. The lowest BCUT2D eigenvalue weighted by Gasteiger charge is -2.10. The van der Waals surface area contributed by atoms with Crippen LogP contribution in [0.3, 0.4) is 0 Å². The molecule has 2 nitrogen and oxygen atoms in total. The average Bonchev–Trinajstić information content (AvgIpc) is 2.51. The van der Waals surface area contributed by atoms with Gasteiger partial charge in [0.25, 0.3) is 0 Å². The van der Waals surface area contributed by atoms with Crippen molar-refractivity contribution in [2.75, 3.05) is 12.5 Å². The number of allylic oxidation sites excluding steroid dienone is 1. The topological polar surface area (TPSA) is 26.3 Å². The molecule has 0 aromatic heterocycles. The number of carbonyl (C=O) groups excluding carboxylic acids is 1. The summed E-state index contributed by atoms with van der Waals surface area (Å²) >= 11 is 3.83. The summed E-state index contributed by atoms with van der Waals surface area (Å²) in [6.07, 6.45) is 11.7. The summed E-state index contributed by atoms with van der Waals surface area (Å²) in [4.78, 5) is 10.4. The van der Waals surface area contributed by atoms with Crippen molar-refractivity contribution in [3.05, 3.63) is 12.3 Å². The maximum absolute atomic E-state index is 11.8. The highest BCUT2D eigenvalue weighted by Gasteiger charge is 2.40. The Morgan fingerprint density at radius 1 is 1.00 bits per heavy atom. The van der Waals surface area contributed by atoms with Crippen molar-refractivity contribution in [3.63, 3.8) is 0 Å². The van der Waals surface area contributed by atoms with Gasteiger partial charge in [-0.15, -0.1) is 0 Å². The Labute approximate surface area is 146 Å². The second kappa shape index (κ2) is 14.1. The van der Waals surface area contributed by atoms with Crippen LogP contribution in [0.25, 0.3) is 0 Å². The fourth-order valence-electron chi connectivity index (χ4n) is 2.03. The van der Waals surface area contributed by atoms with E-state index in [0.29, 0.717) is 11.0 Å². The first-order valence-corrected chi connectivity index (χ1v) is 10.5. The Kier molecular flexibility index (Phi) is 13.9. The van der Waals surface area contributed by atoms with E-state index < -0.39 is 12.1 Å². The van der Waals surface area contributed by atoms with E-state index in [2.05, 4.69) is 17.2 Å². The lowest BCUT2D eigenvalue weighted by Crippen LogP contribution is -2.23. The van der Waals surface area contributed by atoms with Gasteiger partial charge in [-0.2, -0.15) is 36.7 Å². The quantitative estimate of drug-likeness (QED) is 0.167. The Morgan fingerprint density at radius 3 is 2.04 bits per heavy atom. The zero-order valence-corrected chi connectivity index (χ0v) is 15.5. The average molecular weight is 373 g/mol. The number of hydrogen-bond acceptors (Lipinski definition) is 4. The van der Waals surface area contributed by atoms with Crippen molar-refractivity contribution in [2.45, 2.75) is 68.5 Å². The molecule has 0 fully saturated rings. The van der Waals surface area contributed by atoms with Gasteiger partial charge in [0.05, 0.1) is 6.26 Å². The molecule has 7 heteroatoms. The summed E-state index contributed by atoms with van der Waals surface area (Å²) in [5, 5.41) is 0. The summed E-state index contributed by atoms with van der Waals surface area (Å²) in [6.45, 7) is 0. The highest BCUT2D eigenvalue weighted by molar-refractivity contribution is 8.16. The van der Waals surface area contributed by atoms with Crippen LogP contribution in [-0.2, 0) is 9.53 Å². The van der Waals surface area contributed by atoms with Crippen LogP contribution in [0.5, 0.6) is 0 Å². The number of esters is 1. The van der Waals surface area contributed by atoms with Crippen molar-refractivity contribution < 1.29 is 22.7 Å². The standard InChI is InChI=1S/C16H27F3O2S2/c1-22-14(23-2)12-10-8-6-4-3-5-7-9-11-13-21-15(20)16(17,18)19/h11,13-14H,3-10,12H2,1-2H3. The van der Waals surface area contributed by atoms with Crippen LogP contribution < -0.4 is 0 Å². The Bertz CT molecular complexity index is 330. The van der Waals surface area contributed by atoms with Gasteiger partial charge < -0.3 is 4.74 Å². The third-order valence-corrected chi connectivity index (χ3v) is 6.02. The molecule has 0 bridgehead atoms. The van der Waals surface area contributed by atoms with Crippen molar-refractivity contribution in [2.24, 2.45) is 0 Å². The number of alkyl halides is 3. The molecule has 0 aromatic rings. The number of thioether (sulfide) groups is 2. The van der Waals surface area contributed by atoms with Gasteiger partial charge in [0.2, 0.25) is 0 Å². The summed E-state index contributed by atoms with van der Waals surface area (Å²) in [5.41, 5.74) is 0. The SMILES string of the molecule is CSC(CCCCCCCCCC=COC(=O)C(F)(F)F)SC. The second-order valence-electron chi connectivity index (χ2n) is 5.23. The fourth-order valence-corrected chi connectivity index (χ4v) is 3.61. The van der Waals surface area contributed by atoms with E-state index in [1.54, 1.807) is 0 Å². The molecule has 23 heavy (non-hydrogen) atoms. The number of carbonyl (C=O) groups is 1. The molecule has 0 aromatic carbocycles. The Morgan fingerprint density at radius 2 is 1.52 bits per heavy atom. The number of unbranched alkanes of at least 4 members (excludes halogenated alkanes) is 7. The molecule has 0 saturated carbocycles. The first-order valence-electron chi connectivity index (χ1n) is 7.90. The monoisotopic (exact) mass is 372 g/mol. The molecule has 0 aliphatic rings. The summed E-state index contributed by atoms with van der Waals surface area (Å²) < 4.78 is 40.2. The number of halogens is 3. The molecule has 0 amide bonds. The third kappa shape index (κ3) is 13.8. The van der Waals surface area contributed by atoms with Gasteiger partial charge in [-0.05, 0) is 37.9 Å². The van der Waals surface area contributed by atoms with Gasteiger partial charge in [0.1, 0.15) is 0 Å². The third-order valence-electron chi connectivity index (χ3n) is 3.34. The minimum atomic E-state index is -4.92. The number of ether oxygens (including phenoxy) is 1. The zero-order valence-electron chi connectivity index (χ0n) is 13.9. The minimum absolute atomic E-state index is 0.633. The molecule has 0 spiro atoms. The lowest BCUT2D eigenvalue weighted by atomic mass is 10.1. The van der Waals surface area contributed by atoms with E-state index in [1.807, 2.05) is 23.5 Å². The Balaban J connectivity index is 3.35. The number of hydrogen-bond donors (Lipinski definition) is 0. The molecule has 0 atom stereocenters. The van der Waals surface area contributed by atoms with Crippen LogP contribution in [0, 0.1) is 0 Å². The van der Waals surface area contributed by atoms with Crippen LogP contribution in [0.15, 0.2) is 12.3 Å². The molecular weight excluding hydrogens is 345 g/mol. The Hall–Kier alpha value is -0.300.